The van der Waals surface area contributed by atoms with Crippen LogP contribution in [0.15, 0.2) is 24.8 Å². The molecule has 2 heterocycles. The molecule has 1 atom stereocenters. The van der Waals surface area contributed by atoms with Gasteiger partial charge in [-0.25, -0.2) is 4.52 Å². The Labute approximate surface area is 96.1 Å². The van der Waals surface area contributed by atoms with Crippen LogP contribution < -0.4 is 5.32 Å². The lowest BCUT2D eigenvalue weighted by atomic mass is 10.2. The van der Waals surface area contributed by atoms with Gasteiger partial charge in [-0.15, -0.1) is 0 Å². The van der Waals surface area contributed by atoms with Crippen LogP contribution in [0.5, 0.6) is 0 Å². The zero-order valence-corrected chi connectivity index (χ0v) is 8.99. The minimum absolute atomic E-state index is 0.297. The van der Waals surface area contributed by atoms with Crippen molar-refractivity contribution < 1.29 is 14.7 Å². The highest BCUT2D eigenvalue weighted by Gasteiger charge is 2.18. The Bertz CT molecular complexity index is 578. The summed E-state index contributed by atoms with van der Waals surface area (Å²) in [6, 6.07) is -0.950. The van der Waals surface area contributed by atoms with E-state index in [2.05, 4.69) is 15.4 Å². The van der Waals surface area contributed by atoms with Crippen molar-refractivity contribution in [2.45, 2.75) is 13.0 Å². The van der Waals surface area contributed by atoms with E-state index in [4.69, 9.17) is 5.11 Å². The number of amides is 1. The van der Waals surface area contributed by atoms with E-state index in [0.717, 1.165) is 0 Å². The molecule has 0 fully saturated rings. The summed E-state index contributed by atoms with van der Waals surface area (Å²) in [6.07, 6.45) is 6.02. The summed E-state index contributed by atoms with van der Waals surface area (Å²) in [7, 11) is 0. The van der Waals surface area contributed by atoms with Gasteiger partial charge in [0.25, 0.3) is 5.91 Å². The Kier molecular flexibility index (Phi) is 2.73. The molecule has 0 aliphatic rings. The van der Waals surface area contributed by atoms with E-state index in [1.54, 1.807) is 12.4 Å². The predicted molar refractivity (Wildman–Crippen MR) is 57.6 cm³/mol. The molecule has 0 bridgehead atoms. The van der Waals surface area contributed by atoms with Crippen LogP contribution in [0, 0.1) is 0 Å². The van der Waals surface area contributed by atoms with Gasteiger partial charge in [0, 0.05) is 12.4 Å². The van der Waals surface area contributed by atoms with Gasteiger partial charge in [-0.05, 0) is 6.92 Å². The van der Waals surface area contributed by atoms with E-state index in [1.165, 1.54) is 23.8 Å². The second-order valence-electron chi connectivity index (χ2n) is 3.50. The number of hydrogen-bond donors (Lipinski definition) is 2. The van der Waals surface area contributed by atoms with Gasteiger partial charge in [-0.2, -0.15) is 5.10 Å². The molecule has 0 saturated heterocycles. The van der Waals surface area contributed by atoms with Gasteiger partial charge in [0.15, 0.2) is 0 Å². The third-order valence-electron chi connectivity index (χ3n) is 2.29. The Hall–Kier alpha value is -2.44. The number of aliphatic carboxylic acids is 1. The number of fused-ring (bicyclic) bond motifs is 1. The van der Waals surface area contributed by atoms with Crippen molar-refractivity contribution in [3.05, 3.63) is 30.4 Å². The van der Waals surface area contributed by atoms with Crippen LogP contribution in [0.1, 0.15) is 17.3 Å². The second kappa shape index (κ2) is 4.20. The molecular formula is C10H10N4O3. The van der Waals surface area contributed by atoms with Crippen molar-refractivity contribution >= 4 is 17.4 Å². The van der Waals surface area contributed by atoms with E-state index >= 15 is 0 Å². The van der Waals surface area contributed by atoms with Crippen LogP contribution in [-0.4, -0.2) is 37.6 Å². The fourth-order valence-corrected chi connectivity index (χ4v) is 1.35. The first-order valence-electron chi connectivity index (χ1n) is 4.90. The zero-order chi connectivity index (χ0) is 12.4. The second-order valence-corrected chi connectivity index (χ2v) is 3.50. The highest BCUT2D eigenvalue weighted by atomic mass is 16.4. The number of rotatable bonds is 3. The topological polar surface area (TPSA) is 96.6 Å². The number of carbonyl (C=O) groups excluding carboxylic acids is 1. The van der Waals surface area contributed by atoms with E-state index in [9.17, 15) is 9.59 Å². The number of aromatic nitrogens is 3. The standard InChI is InChI=1S/C10H10N4O3/c1-6(10(16)17)13-9(15)7-4-12-14-3-2-11-5-8(7)14/h2-6H,1H3,(H,13,15)(H,16,17). The smallest absolute Gasteiger partial charge is 0.325 e. The molecule has 0 spiro atoms. The first kappa shape index (κ1) is 11.1. The molecule has 0 radical (unpaired) electrons. The minimum Gasteiger partial charge on any atom is -0.480 e. The molecule has 2 aromatic rings. The van der Waals surface area contributed by atoms with Gasteiger partial charge < -0.3 is 10.4 Å². The molecule has 7 heteroatoms. The number of hydrogen-bond acceptors (Lipinski definition) is 4. The summed E-state index contributed by atoms with van der Waals surface area (Å²) in [5, 5.41) is 15.0. The van der Waals surface area contributed by atoms with Gasteiger partial charge in [-0.1, -0.05) is 0 Å². The van der Waals surface area contributed by atoms with Crippen molar-refractivity contribution in [1.82, 2.24) is 19.9 Å². The zero-order valence-electron chi connectivity index (χ0n) is 8.99. The number of carbonyl (C=O) groups is 2. The van der Waals surface area contributed by atoms with Gasteiger partial charge in [0.2, 0.25) is 0 Å². The minimum atomic E-state index is -1.09. The van der Waals surface area contributed by atoms with E-state index in [1.807, 2.05) is 0 Å². The van der Waals surface area contributed by atoms with Crippen LogP contribution in [0.25, 0.3) is 5.52 Å². The van der Waals surface area contributed by atoms with Gasteiger partial charge in [-0.3, -0.25) is 14.6 Å². The molecule has 0 saturated carbocycles. The molecule has 1 unspecified atom stereocenters. The lowest BCUT2D eigenvalue weighted by molar-refractivity contribution is -0.138. The SMILES string of the molecule is CC(NC(=O)c1cnn2ccncc12)C(=O)O. The summed E-state index contributed by atoms with van der Waals surface area (Å²) < 4.78 is 1.49. The highest BCUT2D eigenvalue weighted by Crippen LogP contribution is 2.08. The van der Waals surface area contributed by atoms with E-state index in [0.29, 0.717) is 11.1 Å². The lowest BCUT2D eigenvalue weighted by Gasteiger charge is -2.07. The maximum atomic E-state index is 11.8. The normalized spacial score (nSPS) is 12.3. The van der Waals surface area contributed by atoms with Gasteiger partial charge in [0.05, 0.1) is 23.5 Å². The van der Waals surface area contributed by atoms with Crippen LogP contribution >= 0.6 is 0 Å². The maximum Gasteiger partial charge on any atom is 0.325 e. The van der Waals surface area contributed by atoms with Crippen LogP contribution in [-0.2, 0) is 4.79 Å². The molecule has 88 valence electrons. The third kappa shape index (κ3) is 2.07. The van der Waals surface area contributed by atoms with Gasteiger partial charge in [0.1, 0.15) is 6.04 Å². The average Bonchev–Trinajstić information content (AvgIpc) is 2.72. The van der Waals surface area contributed by atoms with Crippen molar-refractivity contribution in [1.29, 1.82) is 0 Å². The first-order valence-corrected chi connectivity index (χ1v) is 4.90. The molecule has 0 aromatic carbocycles. The quantitative estimate of drug-likeness (QED) is 0.775. The molecule has 2 rings (SSSR count). The fourth-order valence-electron chi connectivity index (χ4n) is 1.35. The maximum absolute atomic E-state index is 11.8. The fraction of sp³-hybridized carbons (Fsp3) is 0.200. The molecule has 2 N–H and O–H groups in total. The van der Waals surface area contributed by atoms with Crippen LogP contribution in [0.2, 0.25) is 0 Å². The van der Waals surface area contributed by atoms with E-state index in [-0.39, 0.29) is 0 Å². The monoisotopic (exact) mass is 234 g/mol. The van der Waals surface area contributed by atoms with Crippen molar-refractivity contribution in [2.24, 2.45) is 0 Å². The summed E-state index contributed by atoms with van der Waals surface area (Å²) in [4.78, 5) is 26.3. The number of carboxylic acid groups (broad SMARTS) is 1. The van der Waals surface area contributed by atoms with Crippen molar-refractivity contribution in [2.75, 3.05) is 0 Å². The van der Waals surface area contributed by atoms with Crippen LogP contribution in [0.4, 0.5) is 0 Å². The molecule has 17 heavy (non-hydrogen) atoms. The average molecular weight is 234 g/mol. The Morgan fingerprint density at radius 1 is 1.47 bits per heavy atom. The van der Waals surface area contributed by atoms with Crippen molar-refractivity contribution in [3.63, 3.8) is 0 Å². The summed E-state index contributed by atoms with van der Waals surface area (Å²) in [6.45, 7) is 1.39. The van der Waals surface area contributed by atoms with Crippen LogP contribution in [0.3, 0.4) is 0 Å². The molecule has 7 nitrogen and oxygen atoms in total. The molecule has 1 amide bonds. The third-order valence-corrected chi connectivity index (χ3v) is 2.29. The first-order chi connectivity index (χ1) is 8.09. The molecule has 0 aliphatic heterocycles. The number of nitrogens with zero attached hydrogens (tertiary/aromatic N) is 3. The van der Waals surface area contributed by atoms with Gasteiger partial charge >= 0.3 is 5.97 Å². The Balaban J connectivity index is 2.28. The van der Waals surface area contributed by atoms with E-state index < -0.39 is 17.9 Å². The lowest BCUT2D eigenvalue weighted by Crippen LogP contribution is -2.38. The summed E-state index contributed by atoms with van der Waals surface area (Å²) in [5.41, 5.74) is 0.828. The van der Waals surface area contributed by atoms with Crippen molar-refractivity contribution in [3.8, 4) is 0 Å². The summed E-state index contributed by atoms with van der Waals surface area (Å²) >= 11 is 0. The highest BCUT2D eigenvalue weighted by molar-refractivity contribution is 6.01. The number of carboxylic acids is 1. The largest absolute Gasteiger partial charge is 0.480 e. The molecule has 0 aliphatic carbocycles. The Morgan fingerprint density at radius 3 is 2.94 bits per heavy atom. The Morgan fingerprint density at radius 2 is 2.24 bits per heavy atom. The predicted octanol–water partition coefficient (Wildman–Crippen LogP) is -0.0678. The molecular weight excluding hydrogens is 224 g/mol. The number of nitrogens with one attached hydrogen (secondary N) is 1. The molecule has 2 aromatic heterocycles. The summed E-state index contributed by atoms with van der Waals surface area (Å²) in [5.74, 6) is -1.57.